The van der Waals surface area contributed by atoms with Crippen molar-refractivity contribution in [2.45, 2.75) is 27.1 Å². The van der Waals surface area contributed by atoms with E-state index in [-0.39, 0.29) is 9.06 Å². The van der Waals surface area contributed by atoms with Gasteiger partial charge in [0.2, 0.25) is 6.56 Å². The maximum absolute atomic E-state index is 2.42. The maximum atomic E-state index is 2.42. The van der Waals surface area contributed by atoms with Gasteiger partial charge in [-0.1, -0.05) is 27.1 Å². The van der Waals surface area contributed by atoms with E-state index in [1.807, 2.05) is 0 Å². The molecule has 0 spiro atoms. The monoisotopic (exact) mass is 177 g/mol. The third-order valence-electron chi connectivity index (χ3n) is 1.69. The highest BCUT2D eigenvalue weighted by Gasteiger charge is 2.12. The third kappa shape index (κ3) is 3.82. The first-order chi connectivity index (χ1) is 4.68. The van der Waals surface area contributed by atoms with Crippen molar-refractivity contribution >= 4 is 26.3 Å². The Morgan fingerprint density at radius 3 is 2.00 bits per heavy atom. The topological polar surface area (TPSA) is 0 Å². The largest absolute Gasteiger partial charge is 0.207 e. The molecule has 0 aliphatic heterocycles. The molecular weight excluding hydrogens is 159 g/mol. The van der Waals surface area contributed by atoms with Crippen LogP contribution in [0.5, 0.6) is 0 Å². The fourth-order valence-corrected chi connectivity index (χ4v) is 3.93. The lowest BCUT2D eigenvalue weighted by Gasteiger charge is -2.32. The van der Waals surface area contributed by atoms with Crippen LogP contribution in [0.15, 0.2) is 0 Å². The van der Waals surface area contributed by atoms with Crippen molar-refractivity contribution in [3.8, 4) is 0 Å². The predicted molar refractivity (Wildman–Crippen MR) is 58.4 cm³/mol. The number of hydrogen-bond donors (Lipinski definition) is 0. The van der Waals surface area contributed by atoms with Crippen molar-refractivity contribution in [2.75, 3.05) is 17.8 Å². The van der Waals surface area contributed by atoms with Crippen molar-refractivity contribution in [1.82, 2.24) is 0 Å². The molecule has 0 aliphatic carbocycles. The first-order valence-electron chi connectivity index (χ1n) is 3.92. The van der Waals surface area contributed by atoms with Gasteiger partial charge in [0.1, 0.15) is 0 Å². The normalized spacial score (nSPS) is 13.2. The van der Waals surface area contributed by atoms with E-state index in [0.29, 0.717) is 0 Å². The molecule has 0 fully saturated rings. The van der Waals surface area contributed by atoms with Gasteiger partial charge in [-0.25, -0.2) is 9.06 Å². The lowest BCUT2D eigenvalue weighted by Crippen LogP contribution is -2.00. The molecule has 61 valence electrons. The summed E-state index contributed by atoms with van der Waals surface area (Å²) in [4.78, 5) is 0. The summed E-state index contributed by atoms with van der Waals surface area (Å²) in [5, 5.41) is 0. The second-order valence-electron chi connectivity index (χ2n) is 2.43. The Bertz CT molecular complexity index is 81.7. The minimum atomic E-state index is -0.316. The summed E-state index contributed by atoms with van der Waals surface area (Å²) in [6, 6.07) is 0. The molecule has 10 heavy (non-hydrogen) atoms. The fraction of sp³-hybridized carbons (Fsp3) is 1.00. The van der Waals surface area contributed by atoms with Gasteiger partial charge in [-0.15, -0.1) is 0 Å². The van der Waals surface area contributed by atoms with E-state index in [9.17, 15) is 0 Å². The number of hydrogen-bond acceptors (Lipinski definition) is 1. The van der Waals surface area contributed by atoms with Gasteiger partial charge in [-0.3, -0.25) is 0 Å². The molecule has 0 heterocycles. The molecule has 0 saturated carbocycles. The van der Waals surface area contributed by atoms with Crippen LogP contribution in [0.2, 0.25) is 6.32 Å². The average Bonchev–Trinajstić information content (AvgIpc) is 2.00. The molecule has 0 unspecified atom stereocenters. The van der Waals surface area contributed by atoms with E-state index < -0.39 is 0 Å². The van der Waals surface area contributed by atoms with Crippen LogP contribution >= 0.6 is 19.7 Å². The molecule has 0 aromatic heterocycles. The molecule has 0 nitrogen and oxygen atoms in total. The van der Waals surface area contributed by atoms with Crippen molar-refractivity contribution < 1.29 is 0 Å². The fourth-order valence-electron chi connectivity index (χ4n) is 0.573. The Morgan fingerprint density at radius 1 is 1.20 bits per heavy atom. The molecule has 0 N–H and O–H groups in total. The van der Waals surface area contributed by atoms with Crippen LogP contribution in [0.3, 0.4) is 0 Å². The summed E-state index contributed by atoms with van der Waals surface area (Å²) in [6.07, 6.45) is 3.62. The van der Waals surface area contributed by atoms with E-state index >= 15 is 0 Å². The summed E-state index contributed by atoms with van der Waals surface area (Å²) in [5.41, 5.74) is 0. The molecule has 0 bridgehead atoms. The SMILES string of the molecule is CC[B]SS(C)(CC)CC. The second kappa shape index (κ2) is 5.42. The van der Waals surface area contributed by atoms with Gasteiger partial charge in [0.05, 0.1) is 0 Å². The van der Waals surface area contributed by atoms with Gasteiger partial charge in [0.25, 0.3) is 0 Å². The third-order valence-corrected chi connectivity index (χ3v) is 8.28. The maximum Gasteiger partial charge on any atom is 0.204 e. The quantitative estimate of drug-likeness (QED) is 0.459. The van der Waals surface area contributed by atoms with Crippen LogP contribution in [-0.2, 0) is 0 Å². The minimum absolute atomic E-state index is 0.316. The second-order valence-corrected chi connectivity index (χ2v) is 9.47. The van der Waals surface area contributed by atoms with Crippen LogP contribution < -0.4 is 0 Å². The zero-order valence-corrected chi connectivity index (χ0v) is 9.15. The summed E-state index contributed by atoms with van der Waals surface area (Å²) in [7, 11) is 1.77. The average molecular weight is 177 g/mol. The van der Waals surface area contributed by atoms with Crippen LogP contribution in [0.1, 0.15) is 20.8 Å². The minimum Gasteiger partial charge on any atom is -0.207 e. The molecule has 0 saturated heterocycles. The molecule has 0 rings (SSSR count). The molecule has 0 amide bonds. The van der Waals surface area contributed by atoms with Crippen molar-refractivity contribution in [3.05, 3.63) is 0 Å². The van der Waals surface area contributed by atoms with Crippen molar-refractivity contribution in [3.63, 3.8) is 0 Å². The summed E-state index contributed by atoms with van der Waals surface area (Å²) < 4.78 is 0. The van der Waals surface area contributed by atoms with E-state index in [0.717, 1.165) is 0 Å². The zero-order chi connectivity index (χ0) is 8.04. The van der Waals surface area contributed by atoms with Crippen LogP contribution in [-0.4, -0.2) is 24.3 Å². The Kier molecular flexibility index (Phi) is 5.83. The van der Waals surface area contributed by atoms with E-state index in [1.165, 1.54) is 17.8 Å². The van der Waals surface area contributed by atoms with Gasteiger partial charge < -0.3 is 0 Å². The Labute approximate surface area is 71.4 Å². The smallest absolute Gasteiger partial charge is 0.204 e. The van der Waals surface area contributed by atoms with Gasteiger partial charge in [-0.05, 0) is 17.8 Å². The first-order valence-corrected chi connectivity index (χ1v) is 7.69. The standard InChI is InChI=1S/C7H18BS2/c1-5-8-9-10(4,6-2)7-3/h5-7H2,1-4H3. The molecule has 1 radical (unpaired) electrons. The first kappa shape index (κ1) is 10.8. The molecule has 0 atom stereocenters. The van der Waals surface area contributed by atoms with Crippen molar-refractivity contribution in [1.29, 1.82) is 0 Å². The van der Waals surface area contributed by atoms with Gasteiger partial charge in [-0.2, -0.15) is 10.6 Å². The Morgan fingerprint density at radius 2 is 1.70 bits per heavy atom. The summed E-state index contributed by atoms with van der Waals surface area (Å²) >= 11 is 0. The molecule has 0 aliphatic rings. The molecule has 0 aromatic rings. The summed E-state index contributed by atoms with van der Waals surface area (Å²) in [5.74, 6) is 2.70. The van der Waals surface area contributed by atoms with E-state index in [4.69, 9.17) is 0 Å². The lowest BCUT2D eigenvalue weighted by molar-refractivity contribution is 1.43. The number of rotatable bonds is 5. The van der Waals surface area contributed by atoms with Crippen molar-refractivity contribution in [2.24, 2.45) is 0 Å². The highest BCUT2D eigenvalue weighted by atomic mass is 33.2. The molecular formula is C7H18BS2. The van der Waals surface area contributed by atoms with Gasteiger partial charge >= 0.3 is 0 Å². The highest BCUT2D eigenvalue weighted by Crippen LogP contribution is 2.55. The molecule has 3 heteroatoms. The zero-order valence-electron chi connectivity index (χ0n) is 7.52. The Hall–Kier alpha value is 0.765. The van der Waals surface area contributed by atoms with Crippen LogP contribution in [0, 0.1) is 0 Å². The van der Waals surface area contributed by atoms with Crippen LogP contribution in [0.4, 0.5) is 0 Å². The highest BCUT2D eigenvalue weighted by molar-refractivity contribution is 9.00. The molecule has 0 aromatic carbocycles. The van der Waals surface area contributed by atoms with Crippen LogP contribution in [0.25, 0.3) is 0 Å². The van der Waals surface area contributed by atoms with Gasteiger partial charge in [0, 0.05) is 0 Å². The lowest BCUT2D eigenvalue weighted by atomic mass is 10.1. The predicted octanol–water partition coefficient (Wildman–Crippen LogP) is 3.17. The van der Waals surface area contributed by atoms with Gasteiger partial charge in [0.15, 0.2) is 0 Å². The van der Waals surface area contributed by atoms with E-state index in [2.05, 4.69) is 44.2 Å². The Balaban J connectivity index is 3.58. The summed E-state index contributed by atoms with van der Waals surface area (Å²) in [6.45, 7) is 9.16. The van der Waals surface area contributed by atoms with E-state index in [1.54, 1.807) is 0 Å².